The van der Waals surface area contributed by atoms with Gasteiger partial charge < -0.3 is 9.84 Å². The maximum atomic E-state index is 12.1. The summed E-state index contributed by atoms with van der Waals surface area (Å²) in [5, 5.41) is 10.1. The first kappa shape index (κ1) is 16.6. The van der Waals surface area contributed by atoms with Gasteiger partial charge in [0.1, 0.15) is 5.75 Å². The number of β-amino-alcohol motifs (C(OH)–C–C–N with tert-alkyl or cyclic N) is 1. The molecule has 0 saturated carbocycles. The van der Waals surface area contributed by atoms with E-state index in [1.807, 2.05) is 0 Å². The smallest absolute Gasteiger partial charge is 0.387 e. The lowest BCUT2D eigenvalue weighted by molar-refractivity contribution is -0.0501. The molecule has 3 nitrogen and oxygen atoms in total. The molecule has 0 aromatic heterocycles. The topological polar surface area (TPSA) is 32.7 Å². The first-order valence-electron chi connectivity index (χ1n) is 6.47. The number of halogens is 2. The number of hydrogen-bond donors (Lipinski definition) is 1. The van der Waals surface area contributed by atoms with Crippen LogP contribution in [-0.2, 0) is 6.54 Å². The van der Waals surface area contributed by atoms with E-state index in [1.54, 1.807) is 6.07 Å². The number of hydrogen-bond acceptors (Lipinski definition) is 3. The van der Waals surface area contributed by atoms with Crippen LogP contribution in [0.4, 0.5) is 8.78 Å². The molecule has 1 aromatic carbocycles. The van der Waals surface area contributed by atoms with Crippen molar-refractivity contribution in [2.24, 2.45) is 0 Å². The van der Waals surface area contributed by atoms with Crippen molar-refractivity contribution in [2.75, 3.05) is 6.54 Å². The molecule has 0 aliphatic carbocycles. The average molecular weight is 285 g/mol. The Hall–Kier alpha value is -1.46. The predicted molar refractivity (Wildman–Crippen MR) is 74.8 cm³/mol. The minimum absolute atomic E-state index is 0.0980. The molecule has 1 aromatic rings. The van der Waals surface area contributed by atoms with Crippen LogP contribution in [0.25, 0.3) is 0 Å². The van der Waals surface area contributed by atoms with Gasteiger partial charge >= 0.3 is 6.61 Å². The van der Waals surface area contributed by atoms with Crippen molar-refractivity contribution in [1.82, 2.24) is 4.90 Å². The summed E-state index contributed by atoms with van der Waals surface area (Å²) in [5.74, 6) is 0.0980. The highest BCUT2D eigenvalue weighted by molar-refractivity contribution is 5.38. The molecule has 0 bridgehead atoms. The summed E-state index contributed by atoms with van der Waals surface area (Å²) >= 11 is 0. The Bertz CT molecular complexity index is 438. The van der Waals surface area contributed by atoms with Crippen molar-refractivity contribution in [3.8, 4) is 5.75 Å². The molecule has 0 amide bonds. The second kappa shape index (κ2) is 7.36. The van der Waals surface area contributed by atoms with Crippen LogP contribution in [0, 0.1) is 0 Å². The number of ether oxygens (including phenoxy) is 1. The number of aliphatic hydroxyl groups is 1. The molecule has 112 valence electrons. The molecule has 1 unspecified atom stereocenters. The summed E-state index contributed by atoms with van der Waals surface area (Å²) in [4.78, 5) is 2.14. The van der Waals surface area contributed by atoms with Gasteiger partial charge in [-0.2, -0.15) is 8.78 Å². The summed E-state index contributed by atoms with van der Waals surface area (Å²) in [6.45, 7) is 8.52. The van der Waals surface area contributed by atoms with Crippen molar-refractivity contribution >= 4 is 0 Å². The van der Waals surface area contributed by atoms with Gasteiger partial charge in [-0.3, -0.25) is 4.90 Å². The summed E-state index contributed by atoms with van der Waals surface area (Å²) < 4.78 is 28.6. The quantitative estimate of drug-likeness (QED) is 0.865. The molecule has 0 fully saturated rings. The maximum Gasteiger partial charge on any atom is 0.387 e. The Balaban J connectivity index is 0.000000956. The average Bonchev–Trinajstić information content (AvgIpc) is 2.40. The molecule has 20 heavy (non-hydrogen) atoms. The Morgan fingerprint density at radius 2 is 2.00 bits per heavy atom. The van der Waals surface area contributed by atoms with Gasteiger partial charge in [-0.25, -0.2) is 0 Å². The van der Waals surface area contributed by atoms with Gasteiger partial charge in [0.25, 0.3) is 0 Å². The minimum Gasteiger partial charge on any atom is -0.435 e. The second-order valence-corrected chi connectivity index (χ2v) is 4.78. The van der Waals surface area contributed by atoms with E-state index in [0.717, 1.165) is 12.1 Å². The second-order valence-electron chi connectivity index (χ2n) is 4.78. The highest BCUT2D eigenvalue weighted by Crippen LogP contribution is 2.31. The van der Waals surface area contributed by atoms with Gasteiger partial charge in [-0.05, 0) is 37.1 Å². The zero-order valence-electron chi connectivity index (χ0n) is 11.9. The zero-order valence-corrected chi connectivity index (χ0v) is 11.9. The van der Waals surface area contributed by atoms with E-state index < -0.39 is 12.7 Å². The summed E-state index contributed by atoms with van der Waals surface area (Å²) in [7, 11) is 0. The van der Waals surface area contributed by atoms with Crippen LogP contribution < -0.4 is 4.74 Å². The largest absolute Gasteiger partial charge is 0.435 e. The monoisotopic (exact) mass is 285 g/mol. The lowest BCUT2D eigenvalue weighted by atomic mass is 9.96. The van der Waals surface area contributed by atoms with E-state index in [9.17, 15) is 13.9 Å². The molecule has 1 atom stereocenters. The standard InChI is InChI=1S/C13H17F2NO2.C2H4/c1-8(2)16-6-9-3-4-10(18-13(14)15)5-11(9)12(17)7-16;1-2/h3-5,8,12-13,17H,6-7H2,1-2H3;1-2H2. The number of fused-ring (bicyclic) bond motifs is 1. The third-order valence-corrected chi connectivity index (χ3v) is 3.21. The third kappa shape index (κ3) is 4.02. The predicted octanol–water partition coefficient (Wildman–Crippen LogP) is 3.35. The molecule has 1 N–H and O–H groups in total. The number of aliphatic hydroxyl groups excluding tert-OH is 1. The number of rotatable bonds is 3. The SMILES string of the molecule is C=C.CC(C)N1Cc2ccc(OC(F)F)cc2C(O)C1. The van der Waals surface area contributed by atoms with E-state index in [2.05, 4.69) is 36.6 Å². The van der Waals surface area contributed by atoms with Crippen molar-refractivity contribution in [2.45, 2.75) is 39.1 Å². The molecule has 1 aliphatic heterocycles. The Morgan fingerprint density at radius 3 is 2.55 bits per heavy atom. The van der Waals surface area contributed by atoms with Gasteiger partial charge in [-0.15, -0.1) is 13.2 Å². The van der Waals surface area contributed by atoms with Gasteiger partial charge in [0.2, 0.25) is 0 Å². The van der Waals surface area contributed by atoms with Crippen molar-refractivity contribution in [3.05, 3.63) is 42.5 Å². The molecule has 1 heterocycles. The fourth-order valence-electron chi connectivity index (χ4n) is 2.20. The summed E-state index contributed by atoms with van der Waals surface area (Å²) in [6, 6.07) is 5.10. The van der Waals surface area contributed by atoms with Crippen molar-refractivity contribution in [3.63, 3.8) is 0 Å². The molecule has 0 radical (unpaired) electrons. The Kier molecular flexibility index (Phi) is 6.10. The summed E-state index contributed by atoms with van der Waals surface area (Å²) in [6.07, 6.45) is -0.655. The summed E-state index contributed by atoms with van der Waals surface area (Å²) in [5.41, 5.74) is 1.65. The normalized spacial score (nSPS) is 18.4. The minimum atomic E-state index is -2.84. The van der Waals surface area contributed by atoms with E-state index in [1.165, 1.54) is 12.1 Å². The van der Waals surface area contributed by atoms with Gasteiger partial charge in [0.05, 0.1) is 6.10 Å². The molecule has 5 heteroatoms. The van der Waals surface area contributed by atoms with Crippen molar-refractivity contribution < 1.29 is 18.6 Å². The molecule has 0 saturated heterocycles. The number of benzene rings is 1. The van der Waals surface area contributed by atoms with Crippen molar-refractivity contribution in [1.29, 1.82) is 0 Å². The van der Waals surface area contributed by atoms with Gasteiger partial charge in [0, 0.05) is 19.1 Å². The Morgan fingerprint density at radius 1 is 1.35 bits per heavy atom. The van der Waals surface area contributed by atoms with Crippen LogP contribution in [0.3, 0.4) is 0 Å². The van der Waals surface area contributed by atoms with E-state index >= 15 is 0 Å². The lowest BCUT2D eigenvalue weighted by Crippen LogP contribution is -2.38. The highest BCUT2D eigenvalue weighted by atomic mass is 19.3. The maximum absolute atomic E-state index is 12.1. The van der Waals surface area contributed by atoms with Crippen LogP contribution in [0.15, 0.2) is 31.4 Å². The molecule has 0 spiro atoms. The van der Waals surface area contributed by atoms with E-state index in [4.69, 9.17) is 0 Å². The lowest BCUT2D eigenvalue weighted by Gasteiger charge is -2.35. The first-order chi connectivity index (χ1) is 9.47. The van der Waals surface area contributed by atoms with Crippen LogP contribution >= 0.6 is 0 Å². The number of alkyl halides is 2. The molecule has 1 aliphatic rings. The molecular formula is C15H21F2NO2. The fraction of sp³-hybridized carbons (Fsp3) is 0.467. The number of nitrogens with zero attached hydrogens (tertiary/aromatic N) is 1. The molecular weight excluding hydrogens is 264 g/mol. The van der Waals surface area contributed by atoms with E-state index in [0.29, 0.717) is 18.2 Å². The van der Waals surface area contributed by atoms with Crippen LogP contribution in [0.2, 0.25) is 0 Å². The van der Waals surface area contributed by atoms with Crippen LogP contribution in [-0.4, -0.2) is 29.2 Å². The zero-order chi connectivity index (χ0) is 15.3. The van der Waals surface area contributed by atoms with Crippen LogP contribution in [0.1, 0.15) is 31.1 Å². The fourth-order valence-corrected chi connectivity index (χ4v) is 2.20. The first-order valence-corrected chi connectivity index (χ1v) is 6.47. The third-order valence-electron chi connectivity index (χ3n) is 3.21. The van der Waals surface area contributed by atoms with E-state index in [-0.39, 0.29) is 5.75 Å². The highest BCUT2D eigenvalue weighted by Gasteiger charge is 2.25. The van der Waals surface area contributed by atoms with Crippen LogP contribution in [0.5, 0.6) is 5.75 Å². The molecule has 2 rings (SSSR count). The van der Waals surface area contributed by atoms with Gasteiger partial charge in [-0.1, -0.05) is 6.07 Å². The van der Waals surface area contributed by atoms with Gasteiger partial charge in [0.15, 0.2) is 0 Å². The Labute approximate surface area is 118 Å².